The molecule has 0 fully saturated rings. The molecule has 27 heavy (non-hydrogen) atoms. The molecule has 3 aromatic rings. The molecule has 0 spiro atoms. The van der Waals surface area contributed by atoms with Crippen molar-refractivity contribution < 1.29 is 13.2 Å². The number of hydrogen-bond acceptors (Lipinski definition) is 3. The number of benzene rings is 3. The van der Waals surface area contributed by atoms with Gasteiger partial charge in [-0.2, -0.15) is 0 Å². The van der Waals surface area contributed by atoms with E-state index in [-0.39, 0.29) is 10.8 Å². The van der Waals surface area contributed by atoms with Crippen molar-refractivity contribution in [2.75, 3.05) is 10.0 Å². The lowest BCUT2D eigenvalue weighted by molar-refractivity contribution is 0.102. The molecule has 3 rings (SSSR count). The first-order valence-electron chi connectivity index (χ1n) is 8.10. The van der Waals surface area contributed by atoms with E-state index < -0.39 is 10.0 Å². The van der Waals surface area contributed by atoms with Crippen LogP contribution in [-0.4, -0.2) is 14.3 Å². The molecule has 0 aliphatic carbocycles. The van der Waals surface area contributed by atoms with Gasteiger partial charge >= 0.3 is 0 Å². The molecule has 1 amide bonds. The normalized spacial score (nSPS) is 11.0. The highest BCUT2D eigenvalue weighted by molar-refractivity contribution is 7.92. The van der Waals surface area contributed by atoms with Crippen LogP contribution in [0.15, 0.2) is 77.7 Å². The summed E-state index contributed by atoms with van der Waals surface area (Å²) in [6.07, 6.45) is 0. The number of sulfonamides is 1. The van der Waals surface area contributed by atoms with Crippen LogP contribution in [0.5, 0.6) is 0 Å². The number of carbonyl (C=O) groups excluding carboxylic acids is 1. The van der Waals surface area contributed by atoms with Gasteiger partial charge in [0.05, 0.1) is 4.90 Å². The maximum absolute atomic E-state index is 12.4. The molecule has 0 saturated carbocycles. The summed E-state index contributed by atoms with van der Waals surface area (Å²) in [7, 11) is -3.73. The van der Waals surface area contributed by atoms with E-state index in [9.17, 15) is 13.2 Å². The highest BCUT2D eigenvalue weighted by Crippen LogP contribution is 2.20. The highest BCUT2D eigenvalue weighted by atomic mass is 35.5. The van der Waals surface area contributed by atoms with Gasteiger partial charge in [0.25, 0.3) is 15.9 Å². The van der Waals surface area contributed by atoms with E-state index in [1.165, 1.54) is 12.1 Å². The Bertz CT molecular complexity index is 1060. The average Bonchev–Trinajstić information content (AvgIpc) is 2.64. The third-order valence-corrected chi connectivity index (χ3v) is 5.45. The molecule has 5 nitrogen and oxygen atoms in total. The second-order valence-electron chi connectivity index (χ2n) is 5.96. The van der Waals surface area contributed by atoms with Crippen molar-refractivity contribution in [2.45, 2.75) is 11.8 Å². The number of halogens is 1. The van der Waals surface area contributed by atoms with E-state index in [2.05, 4.69) is 10.0 Å². The van der Waals surface area contributed by atoms with Gasteiger partial charge in [0, 0.05) is 22.0 Å². The molecule has 0 bridgehead atoms. The molecule has 0 saturated heterocycles. The summed E-state index contributed by atoms with van der Waals surface area (Å²) in [5, 5.41) is 3.27. The molecule has 138 valence electrons. The molecular formula is C20H17ClN2O3S. The van der Waals surface area contributed by atoms with E-state index in [4.69, 9.17) is 11.6 Å². The van der Waals surface area contributed by atoms with Crippen LogP contribution in [0.3, 0.4) is 0 Å². The number of carbonyl (C=O) groups is 1. The number of hydrogen-bond donors (Lipinski definition) is 2. The van der Waals surface area contributed by atoms with Gasteiger partial charge in [-0.15, -0.1) is 0 Å². The van der Waals surface area contributed by atoms with Crippen molar-refractivity contribution >= 4 is 38.9 Å². The summed E-state index contributed by atoms with van der Waals surface area (Å²) in [4.78, 5) is 12.4. The molecule has 0 atom stereocenters. The zero-order valence-electron chi connectivity index (χ0n) is 14.4. The summed E-state index contributed by atoms with van der Waals surface area (Å²) < 4.78 is 27.4. The minimum atomic E-state index is -3.73. The summed E-state index contributed by atoms with van der Waals surface area (Å²) in [6, 6.07) is 19.5. The maximum Gasteiger partial charge on any atom is 0.261 e. The zero-order chi connectivity index (χ0) is 19.4. The van der Waals surface area contributed by atoms with Crippen LogP contribution >= 0.6 is 11.6 Å². The Morgan fingerprint density at radius 3 is 2.15 bits per heavy atom. The second-order valence-corrected chi connectivity index (χ2v) is 8.08. The van der Waals surface area contributed by atoms with Gasteiger partial charge in [0.2, 0.25) is 0 Å². The predicted molar refractivity (Wildman–Crippen MR) is 108 cm³/mol. The molecule has 0 radical (unpaired) electrons. The van der Waals surface area contributed by atoms with E-state index in [0.29, 0.717) is 22.0 Å². The molecule has 3 aromatic carbocycles. The van der Waals surface area contributed by atoms with Crippen molar-refractivity contribution in [1.29, 1.82) is 0 Å². The fourth-order valence-electron chi connectivity index (χ4n) is 2.44. The molecule has 0 aromatic heterocycles. The van der Waals surface area contributed by atoms with Crippen molar-refractivity contribution in [3.05, 3.63) is 88.9 Å². The lowest BCUT2D eigenvalue weighted by Gasteiger charge is -2.10. The summed E-state index contributed by atoms with van der Waals surface area (Å²) >= 11 is 5.80. The minimum Gasteiger partial charge on any atom is -0.322 e. The number of aryl methyl sites for hydroxylation is 1. The predicted octanol–water partition coefficient (Wildman–Crippen LogP) is 4.70. The van der Waals surface area contributed by atoms with Gasteiger partial charge in [-0.25, -0.2) is 8.42 Å². The van der Waals surface area contributed by atoms with Crippen LogP contribution in [0.1, 0.15) is 15.9 Å². The Morgan fingerprint density at radius 1 is 0.889 bits per heavy atom. The largest absolute Gasteiger partial charge is 0.322 e. The standard InChI is InChI=1S/C20H17ClN2O3S/c1-14-3-2-4-15(13-14)20(24)22-17-9-11-19(12-10-17)27(25,26)23-18-7-5-16(21)6-8-18/h2-13,23H,1H3,(H,22,24). The molecule has 0 unspecified atom stereocenters. The van der Waals surface area contributed by atoms with E-state index >= 15 is 0 Å². The lowest BCUT2D eigenvalue weighted by atomic mass is 10.1. The van der Waals surface area contributed by atoms with Crippen LogP contribution in [0.25, 0.3) is 0 Å². The number of rotatable bonds is 5. The van der Waals surface area contributed by atoms with Gasteiger partial charge in [-0.1, -0.05) is 29.3 Å². The van der Waals surface area contributed by atoms with Crippen molar-refractivity contribution in [2.24, 2.45) is 0 Å². The van der Waals surface area contributed by atoms with Gasteiger partial charge in [0.15, 0.2) is 0 Å². The van der Waals surface area contributed by atoms with Crippen LogP contribution < -0.4 is 10.0 Å². The monoisotopic (exact) mass is 400 g/mol. The number of amides is 1. The van der Waals surface area contributed by atoms with Gasteiger partial charge < -0.3 is 5.32 Å². The van der Waals surface area contributed by atoms with Crippen molar-refractivity contribution in [3.63, 3.8) is 0 Å². The number of nitrogens with one attached hydrogen (secondary N) is 2. The zero-order valence-corrected chi connectivity index (χ0v) is 16.0. The Morgan fingerprint density at radius 2 is 1.52 bits per heavy atom. The van der Waals surface area contributed by atoms with Crippen LogP contribution in [0.4, 0.5) is 11.4 Å². The molecule has 7 heteroatoms. The molecule has 0 aliphatic heterocycles. The van der Waals surface area contributed by atoms with E-state index in [1.54, 1.807) is 48.5 Å². The summed E-state index contributed by atoms with van der Waals surface area (Å²) in [5.41, 5.74) is 2.44. The van der Waals surface area contributed by atoms with Crippen LogP contribution in [-0.2, 0) is 10.0 Å². The third-order valence-electron chi connectivity index (χ3n) is 3.80. The molecule has 0 heterocycles. The molecule has 0 aliphatic rings. The first-order valence-corrected chi connectivity index (χ1v) is 9.96. The first-order chi connectivity index (χ1) is 12.8. The Balaban J connectivity index is 1.72. The van der Waals surface area contributed by atoms with Crippen molar-refractivity contribution in [3.8, 4) is 0 Å². The Kier molecular flexibility index (Phi) is 5.48. The fourth-order valence-corrected chi connectivity index (χ4v) is 3.62. The van der Waals surface area contributed by atoms with E-state index in [1.807, 2.05) is 19.1 Å². The first kappa shape index (κ1) is 18.9. The fraction of sp³-hybridized carbons (Fsp3) is 0.0500. The summed E-state index contributed by atoms with van der Waals surface area (Å²) in [5.74, 6) is -0.256. The average molecular weight is 401 g/mol. The molecular weight excluding hydrogens is 384 g/mol. The maximum atomic E-state index is 12.4. The van der Waals surface area contributed by atoms with Gasteiger partial charge in [0.1, 0.15) is 0 Å². The highest BCUT2D eigenvalue weighted by Gasteiger charge is 2.14. The third kappa shape index (κ3) is 4.87. The van der Waals surface area contributed by atoms with Crippen molar-refractivity contribution in [1.82, 2.24) is 0 Å². The van der Waals surface area contributed by atoms with Gasteiger partial charge in [-0.05, 0) is 67.6 Å². The molecule has 2 N–H and O–H groups in total. The van der Waals surface area contributed by atoms with E-state index in [0.717, 1.165) is 5.56 Å². The second kappa shape index (κ2) is 7.82. The smallest absolute Gasteiger partial charge is 0.261 e. The minimum absolute atomic E-state index is 0.0889. The lowest BCUT2D eigenvalue weighted by Crippen LogP contribution is -2.14. The quantitative estimate of drug-likeness (QED) is 0.651. The van der Waals surface area contributed by atoms with Gasteiger partial charge in [-0.3, -0.25) is 9.52 Å². The van der Waals surface area contributed by atoms with Crippen LogP contribution in [0, 0.1) is 6.92 Å². The Labute approximate surface area is 163 Å². The SMILES string of the molecule is Cc1cccc(C(=O)Nc2ccc(S(=O)(=O)Nc3ccc(Cl)cc3)cc2)c1. The Hall–Kier alpha value is -2.83. The summed E-state index contributed by atoms with van der Waals surface area (Å²) in [6.45, 7) is 1.91. The number of anilines is 2. The van der Waals surface area contributed by atoms with Crippen LogP contribution in [0.2, 0.25) is 5.02 Å². The topological polar surface area (TPSA) is 75.3 Å².